The maximum absolute atomic E-state index is 12.7. The third kappa shape index (κ3) is 2.90. The first-order chi connectivity index (χ1) is 10.3. The summed E-state index contributed by atoms with van der Waals surface area (Å²) in [6.07, 6.45) is 5.50. The summed E-state index contributed by atoms with van der Waals surface area (Å²) in [4.78, 5) is 19.0. The molecule has 0 aliphatic carbocycles. The van der Waals surface area contributed by atoms with Crippen LogP contribution < -0.4 is 0 Å². The summed E-state index contributed by atoms with van der Waals surface area (Å²) in [6, 6.07) is 9.82. The molecule has 1 saturated heterocycles. The number of nitrogens with zero attached hydrogens (tertiary/aromatic N) is 2. The first-order valence-corrected chi connectivity index (χ1v) is 7.56. The van der Waals surface area contributed by atoms with Gasteiger partial charge in [-0.05, 0) is 49.9 Å². The molecule has 0 saturated carbocycles. The number of carbonyl (C=O) groups excluding carboxylic acids is 1. The van der Waals surface area contributed by atoms with E-state index in [2.05, 4.69) is 4.98 Å². The summed E-state index contributed by atoms with van der Waals surface area (Å²) in [5.41, 5.74) is 1.64. The molecule has 1 N–H and O–H groups in total. The van der Waals surface area contributed by atoms with Crippen molar-refractivity contribution in [3.63, 3.8) is 0 Å². The average molecular weight is 284 g/mol. The zero-order valence-electron chi connectivity index (χ0n) is 12.0. The molecule has 3 rings (SSSR count). The van der Waals surface area contributed by atoms with Crippen molar-refractivity contribution in [3.05, 3.63) is 42.1 Å². The zero-order valence-corrected chi connectivity index (χ0v) is 12.0. The standard InChI is InChI=1S/C17H20N2O2/c20-11-3-6-15-5-2-10-19(15)17(21)14-7-8-16-13(12-14)4-1-9-18-16/h1,4,7-9,12,15,20H,2-3,5-6,10-11H2. The molecule has 1 aliphatic rings. The van der Waals surface area contributed by atoms with E-state index in [0.29, 0.717) is 0 Å². The highest BCUT2D eigenvalue weighted by Gasteiger charge is 2.28. The van der Waals surface area contributed by atoms with Crippen LogP contribution in [0.3, 0.4) is 0 Å². The smallest absolute Gasteiger partial charge is 0.254 e. The van der Waals surface area contributed by atoms with Crippen LogP contribution in [-0.2, 0) is 0 Å². The Morgan fingerprint density at radius 1 is 1.38 bits per heavy atom. The van der Waals surface area contributed by atoms with Crippen molar-refractivity contribution in [2.75, 3.05) is 13.2 Å². The molecule has 1 fully saturated rings. The fourth-order valence-electron chi connectivity index (χ4n) is 3.10. The topological polar surface area (TPSA) is 53.4 Å². The van der Waals surface area contributed by atoms with Gasteiger partial charge in [0.1, 0.15) is 0 Å². The normalized spacial score (nSPS) is 18.3. The van der Waals surface area contributed by atoms with Crippen molar-refractivity contribution in [3.8, 4) is 0 Å². The fourth-order valence-corrected chi connectivity index (χ4v) is 3.10. The number of aliphatic hydroxyl groups is 1. The Bertz CT molecular complexity index is 641. The first-order valence-electron chi connectivity index (χ1n) is 7.56. The van der Waals surface area contributed by atoms with Gasteiger partial charge in [0.2, 0.25) is 0 Å². The summed E-state index contributed by atoms with van der Waals surface area (Å²) in [7, 11) is 0. The van der Waals surface area contributed by atoms with E-state index in [9.17, 15) is 4.79 Å². The molecule has 1 aromatic carbocycles. The van der Waals surface area contributed by atoms with Gasteiger partial charge >= 0.3 is 0 Å². The van der Waals surface area contributed by atoms with Gasteiger partial charge in [-0.25, -0.2) is 0 Å². The Labute approximate surface area is 124 Å². The van der Waals surface area contributed by atoms with E-state index < -0.39 is 0 Å². The number of aliphatic hydroxyl groups excluding tert-OH is 1. The molecule has 4 nitrogen and oxygen atoms in total. The van der Waals surface area contributed by atoms with Crippen LogP contribution in [0.2, 0.25) is 0 Å². The summed E-state index contributed by atoms with van der Waals surface area (Å²) in [6.45, 7) is 1.01. The third-order valence-corrected chi connectivity index (χ3v) is 4.18. The lowest BCUT2D eigenvalue weighted by molar-refractivity contribution is 0.0724. The number of hydrogen-bond acceptors (Lipinski definition) is 3. The molecule has 0 radical (unpaired) electrons. The molecule has 1 aromatic heterocycles. The largest absolute Gasteiger partial charge is 0.396 e. The van der Waals surface area contributed by atoms with E-state index in [4.69, 9.17) is 5.11 Å². The van der Waals surface area contributed by atoms with Crippen molar-refractivity contribution in [1.82, 2.24) is 9.88 Å². The van der Waals surface area contributed by atoms with E-state index in [0.717, 1.165) is 48.7 Å². The highest BCUT2D eigenvalue weighted by molar-refractivity contribution is 5.98. The molecule has 4 heteroatoms. The number of aromatic nitrogens is 1. The Hall–Kier alpha value is -1.94. The van der Waals surface area contributed by atoms with E-state index in [1.165, 1.54) is 0 Å². The lowest BCUT2D eigenvalue weighted by atomic mass is 10.1. The molecule has 1 unspecified atom stereocenters. The van der Waals surface area contributed by atoms with E-state index in [1.807, 2.05) is 35.2 Å². The van der Waals surface area contributed by atoms with Crippen LogP contribution in [0.1, 0.15) is 36.0 Å². The predicted octanol–water partition coefficient (Wildman–Crippen LogP) is 2.61. The van der Waals surface area contributed by atoms with Crippen molar-refractivity contribution >= 4 is 16.8 Å². The van der Waals surface area contributed by atoms with Crippen LogP contribution in [0.4, 0.5) is 0 Å². The molecule has 1 aliphatic heterocycles. The molecule has 2 heterocycles. The first kappa shape index (κ1) is 14.0. The summed E-state index contributed by atoms with van der Waals surface area (Å²) in [5.74, 6) is 0.0983. The maximum atomic E-state index is 12.7. The van der Waals surface area contributed by atoms with Gasteiger partial charge in [0.25, 0.3) is 5.91 Å². The second-order valence-electron chi connectivity index (χ2n) is 5.57. The van der Waals surface area contributed by atoms with Crippen LogP contribution in [0, 0.1) is 0 Å². The lowest BCUT2D eigenvalue weighted by Crippen LogP contribution is -2.35. The van der Waals surface area contributed by atoms with Gasteiger partial charge in [-0.3, -0.25) is 9.78 Å². The zero-order chi connectivity index (χ0) is 14.7. The van der Waals surface area contributed by atoms with Crippen LogP contribution in [-0.4, -0.2) is 40.1 Å². The number of rotatable bonds is 4. The van der Waals surface area contributed by atoms with E-state index >= 15 is 0 Å². The lowest BCUT2D eigenvalue weighted by Gasteiger charge is -2.24. The number of fused-ring (bicyclic) bond motifs is 1. The van der Waals surface area contributed by atoms with Crippen molar-refractivity contribution in [2.45, 2.75) is 31.7 Å². The van der Waals surface area contributed by atoms with E-state index in [-0.39, 0.29) is 18.6 Å². The second kappa shape index (κ2) is 6.22. The van der Waals surface area contributed by atoms with E-state index in [1.54, 1.807) is 6.20 Å². The minimum atomic E-state index is 0.0983. The average Bonchev–Trinajstić information content (AvgIpc) is 3.00. The number of hydrogen-bond donors (Lipinski definition) is 1. The number of amides is 1. The Morgan fingerprint density at radius 3 is 3.14 bits per heavy atom. The highest BCUT2D eigenvalue weighted by Crippen LogP contribution is 2.24. The number of carbonyl (C=O) groups is 1. The Kier molecular flexibility index (Phi) is 4.15. The molecule has 1 amide bonds. The molecule has 21 heavy (non-hydrogen) atoms. The molecular weight excluding hydrogens is 264 g/mol. The van der Waals surface area contributed by atoms with Gasteiger partial charge in [0.15, 0.2) is 0 Å². The number of likely N-dealkylation sites (tertiary alicyclic amines) is 1. The Morgan fingerprint density at radius 2 is 2.29 bits per heavy atom. The molecule has 1 atom stereocenters. The minimum absolute atomic E-state index is 0.0983. The van der Waals surface area contributed by atoms with Crippen molar-refractivity contribution < 1.29 is 9.90 Å². The van der Waals surface area contributed by atoms with Gasteiger partial charge in [0.05, 0.1) is 5.52 Å². The van der Waals surface area contributed by atoms with Crippen LogP contribution in [0.5, 0.6) is 0 Å². The number of benzene rings is 1. The Balaban J connectivity index is 1.82. The quantitative estimate of drug-likeness (QED) is 0.939. The van der Waals surface area contributed by atoms with Gasteiger partial charge in [-0.1, -0.05) is 6.07 Å². The predicted molar refractivity (Wildman–Crippen MR) is 82.1 cm³/mol. The minimum Gasteiger partial charge on any atom is -0.396 e. The molecule has 0 spiro atoms. The SMILES string of the molecule is O=C(c1ccc2ncccc2c1)N1CCCC1CCCO. The molecule has 2 aromatic rings. The highest BCUT2D eigenvalue weighted by atomic mass is 16.3. The maximum Gasteiger partial charge on any atom is 0.254 e. The fraction of sp³-hybridized carbons (Fsp3) is 0.412. The summed E-state index contributed by atoms with van der Waals surface area (Å²) in [5, 5.41) is 9.97. The molecule has 110 valence electrons. The van der Waals surface area contributed by atoms with Gasteiger partial charge in [-0.2, -0.15) is 0 Å². The van der Waals surface area contributed by atoms with Gasteiger partial charge < -0.3 is 10.0 Å². The van der Waals surface area contributed by atoms with Crippen LogP contribution in [0.15, 0.2) is 36.5 Å². The van der Waals surface area contributed by atoms with Crippen molar-refractivity contribution in [1.29, 1.82) is 0 Å². The summed E-state index contributed by atoms with van der Waals surface area (Å²) < 4.78 is 0. The van der Waals surface area contributed by atoms with Gasteiger partial charge in [0, 0.05) is 36.3 Å². The van der Waals surface area contributed by atoms with Crippen LogP contribution in [0.25, 0.3) is 10.9 Å². The molecular formula is C17H20N2O2. The summed E-state index contributed by atoms with van der Waals surface area (Å²) >= 11 is 0. The number of pyridine rings is 1. The van der Waals surface area contributed by atoms with Crippen molar-refractivity contribution in [2.24, 2.45) is 0 Å². The van der Waals surface area contributed by atoms with Crippen LogP contribution >= 0.6 is 0 Å². The van der Waals surface area contributed by atoms with Gasteiger partial charge in [-0.15, -0.1) is 0 Å². The monoisotopic (exact) mass is 284 g/mol. The second-order valence-corrected chi connectivity index (χ2v) is 5.57. The third-order valence-electron chi connectivity index (χ3n) is 4.18. The molecule has 0 bridgehead atoms.